The van der Waals surface area contributed by atoms with Crippen LogP contribution in [0.15, 0.2) is 22.6 Å². The number of hydrogen-bond donors (Lipinski definition) is 1. The number of benzene rings is 1. The smallest absolute Gasteiger partial charge is 0.176 e. The molecule has 0 radical (unpaired) electrons. The second-order valence-corrected chi connectivity index (χ2v) is 3.50. The summed E-state index contributed by atoms with van der Waals surface area (Å²) in [7, 11) is 3.59. The topological polar surface area (TPSA) is 34.4 Å². The Kier molecular flexibility index (Phi) is 2.64. The zero-order valence-corrected chi connectivity index (χ0v) is 9.26. The lowest BCUT2D eigenvalue weighted by Crippen LogP contribution is -2.05. The molecule has 0 bridgehead atoms. The van der Waals surface area contributed by atoms with Gasteiger partial charge >= 0.3 is 0 Å². The van der Waals surface area contributed by atoms with Crippen LogP contribution in [-0.2, 0) is 6.54 Å². The molecule has 0 aliphatic carbocycles. The molecule has 1 heterocycles. The SMILES string of the molecule is CNCc1c(C)oc2c(OC)cccc12. The summed E-state index contributed by atoms with van der Waals surface area (Å²) in [6.45, 7) is 2.79. The molecule has 0 spiro atoms. The van der Waals surface area contributed by atoms with Gasteiger partial charge in [-0.25, -0.2) is 0 Å². The molecule has 0 saturated heterocycles. The average Bonchev–Trinajstić information content (AvgIpc) is 2.56. The van der Waals surface area contributed by atoms with Crippen LogP contribution in [0, 0.1) is 6.92 Å². The predicted octanol–water partition coefficient (Wildman–Crippen LogP) is 2.47. The summed E-state index contributed by atoms with van der Waals surface area (Å²) in [5.41, 5.74) is 2.04. The van der Waals surface area contributed by atoms with Crippen molar-refractivity contribution in [2.24, 2.45) is 0 Å². The van der Waals surface area contributed by atoms with Gasteiger partial charge in [0.25, 0.3) is 0 Å². The van der Waals surface area contributed by atoms with Gasteiger partial charge in [-0.15, -0.1) is 0 Å². The first-order valence-electron chi connectivity index (χ1n) is 4.97. The van der Waals surface area contributed by atoms with Crippen LogP contribution in [0.4, 0.5) is 0 Å². The van der Waals surface area contributed by atoms with Crippen LogP contribution in [0.1, 0.15) is 11.3 Å². The van der Waals surface area contributed by atoms with Gasteiger partial charge in [0.15, 0.2) is 11.3 Å². The number of hydrogen-bond acceptors (Lipinski definition) is 3. The number of methoxy groups -OCH3 is 1. The highest BCUT2D eigenvalue weighted by atomic mass is 16.5. The van der Waals surface area contributed by atoms with Gasteiger partial charge in [-0.05, 0) is 20.0 Å². The van der Waals surface area contributed by atoms with Crippen LogP contribution in [0.5, 0.6) is 5.75 Å². The van der Waals surface area contributed by atoms with Gasteiger partial charge in [0.1, 0.15) is 5.76 Å². The average molecular weight is 205 g/mol. The molecule has 2 aromatic rings. The summed E-state index contributed by atoms with van der Waals surface area (Å²) in [5, 5.41) is 4.27. The lowest BCUT2D eigenvalue weighted by Gasteiger charge is -2.00. The quantitative estimate of drug-likeness (QED) is 0.835. The van der Waals surface area contributed by atoms with Gasteiger partial charge < -0.3 is 14.5 Å². The van der Waals surface area contributed by atoms with Gasteiger partial charge in [-0.1, -0.05) is 12.1 Å². The van der Waals surface area contributed by atoms with E-state index in [9.17, 15) is 0 Å². The van der Waals surface area contributed by atoms with Crippen LogP contribution < -0.4 is 10.1 Å². The second-order valence-electron chi connectivity index (χ2n) is 3.50. The van der Waals surface area contributed by atoms with Crippen molar-refractivity contribution in [3.8, 4) is 5.75 Å². The lowest BCUT2D eigenvalue weighted by atomic mass is 10.1. The monoisotopic (exact) mass is 205 g/mol. The maximum atomic E-state index is 5.71. The summed E-state index contributed by atoms with van der Waals surface area (Å²) in [5.74, 6) is 1.74. The summed E-state index contributed by atoms with van der Waals surface area (Å²) < 4.78 is 11.0. The van der Waals surface area contributed by atoms with Crippen molar-refractivity contribution in [3.05, 3.63) is 29.5 Å². The molecule has 0 atom stereocenters. The fourth-order valence-electron chi connectivity index (χ4n) is 1.82. The minimum Gasteiger partial charge on any atom is -0.493 e. The van der Waals surface area contributed by atoms with Crippen molar-refractivity contribution < 1.29 is 9.15 Å². The van der Waals surface area contributed by atoms with Crippen LogP contribution in [-0.4, -0.2) is 14.2 Å². The van der Waals surface area contributed by atoms with E-state index in [-0.39, 0.29) is 0 Å². The molecule has 15 heavy (non-hydrogen) atoms. The second kappa shape index (κ2) is 3.95. The maximum Gasteiger partial charge on any atom is 0.176 e. The van der Waals surface area contributed by atoms with Crippen molar-refractivity contribution in [2.45, 2.75) is 13.5 Å². The van der Waals surface area contributed by atoms with E-state index in [2.05, 4.69) is 11.4 Å². The van der Waals surface area contributed by atoms with E-state index in [1.165, 1.54) is 5.56 Å². The normalized spacial score (nSPS) is 10.9. The Balaban J connectivity index is 2.67. The number of para-hydroxylation sites is 1. The molecule has 0 aliphatic rings. The molecule has 0 saturated carbocycles. The fourth-order valence-corrected chi connectivity index (χ4v) is 1.82. The van der Waals surface area contributed by atoms with Crippen molar-refractivity contribution in [3.63, 3.8) is 0 Å². The third kappa shape index (κ3) is 1.59. The van der Waals surface area contributed by atoms with Gasteiger partial charge in [-0.2, -0.15) is 0 Å². The predicted molar refractivity (Wildman–Crippen MR) is 60.3 cm³/mol. The summed E-state index contributed by atoms with van der Waals surface area (Å²) in [6.07, 6.45) is 0. The fraction of sp³-hybridized carbons (Fsp3) is 0.333. The molecule has 1 aromatic carbocycles. The first kappa shape index (κ1) is 10.1. The molecular weight excluding hydrogens is 190 g/mol. The highest BCUT2D eigenvalue weighted by Gasteiger charge is 2.12. The Hall–Kier alpha value is -1.48. The summed E-state index contributed by atoms with van der Waals surface area (Å²) in [6, 6.07) is 5.95. The molecule has 0 amide bonds. The van der Waals surface area contributed by atoms with Crippen molar-refractivity contribution in [2.75, 3.05) is 14.2 Å². The lowest BCUT2D eigenvalue weighted by molar-refractivity contribution is 0.408. The van der Waals surface area contributed by atoms with E-state index in [1.807, 2.05) is 26.1 Å². The zero-order valence-electron chi connectivity index (χ0n) is 9.26. The molecule has 2 rings (SSSR count). The first-order valence-corrected chi connectivity index (χ1v) is 4.97. The van der Waals surface area contributed by atoms with Gasteiger partial charge in [0, 0.05) is 17.5 Å². The molecule has 3 nitrogen and oxygen atoms in total. The number of rotatable bonds is 3. The number of nitrogens with one attached hydrogen (secondary N) is 1. The molecule has 80 valence electrons. The molecule has 0 fully saturated rings. The van der Waals surface area contributed by atoms with Gasteiger partial charge in [-0.3, -0.25) is 0 Å². The van der Waals surface area contributed by atoms with Crippen LogP contribution in [0.2, 0.25) is 0 Å². The number of furan rings is 1. The minimum absolute atomic E-state index is 0.790. The zero-order chi connectivity index (χ0) is 10.8. The van der Waals surface area contributed by atoms with Crippen LogP contribution in [0.3, 0.4) is 0 Å². The van der Waals surface area contributed by atoms with E-state index in [1.54, 1.807) is 7.11 Å². The van der Waals surface area contributed by atoms with E-state index >= 15 is 0 Å². The Morgan fingerprint density at radius 2 is 2.20 bits per heavy atom. The minimum atomic E-state index is 0.790. The highest BCUT2D eigenvalue weighted by molar-refractivity contribution is 5.87. The molecule has 0 unspecified atom stereocenters. The van der Waals surface area contributed by atoms with Crippen molar-refractivity contribution in [1.29, 1.82) is 0 Å². The summed E-state index contributed by atoms with van der Waals surface area (Å²) in [4.78, 5) is 0. The Bertz CT molecular complexity index is 474. The third-order valence-corrected chi connectivity index (χ3v) is 2.56. The first-order chi connectivity index (χ1) is 7.27. The van der Waals surface area contributed by atoms with Gasteiger partial charge in [0.2, 0.25) is 0 Å². The van der Waals surface area contributed by atoms with Crippen molar-refractivity contribution >= 4 is 11.0 Å². The molecule has 1 aromatic heterocycles. The van der Waals surface area contributed by atoms with Gasteiger partial charge in [0.05, 0.1) is 7.11 Å². The van der Waals surface area contributed by atoms with E-state index in [0.29, 0.717) is 0 Å². The number of aryl methyl sites for hydroxylation is 1. The Morgan fingerprint density at radius 3 is 2.87 bits per heavy atom. The largest absolute Gasteiger partial charge is 0.493 e. The Morgan fingerprint density at radius 1 is 1.40 bits per heavy atom. The highest BCUT2D eigenvalue weighted by Crippen LogP contribution is 2.32. The van der Waals surface area contributed by atoms with E-state index in [0.717, 1.165) is 29.0 Å². The maximum absolute atomic E-state index is 5.71. The number of fused-ring (bicyclic) bond motifs is 1. The van der Waals surface area contributed by atoms with E-state index in [4.69, 9.17) is 9.15 Å². The third-order valence-electron chi connectivity index (χ3n) is 2.56. The Labute approximate surface area is 89.0 Å². The number of ether oxygens (including phenoxy) is 1. The molecule has 0 aliphatic heterocycles. The molecular formula is C12H15NO2. The molecule has 1 N–H and O–H groups in total. The standard InChI is InChI=1S/C12H15NO2/c1-8-10(7-13-2)9-5-4-6-11(14-3)12(9)15-8/h4-6,13H,7H2,1-3H3. The molecule has 3 heteroatoms. The van der Waals surface area contributed by atoms with Crippen molar-refractivity contribution in [1.82, 2.24) is 5.32 Å². The van der Waals surface area contributed by atoms with Crippen LogP contribution >= 0.6 is 0 Å². The van der Waals surface area contributed by atoms with Crippen LogP contribution in [0.25, 0.3) is 11.0 Å². The summed E-state index contributed by atoms with van der Waals surface area (Å²) >= 11 is 0. The van der Waals surface area contributed by atoms with E-state index < -0.39 is 0 Å².